The molecule has 7 heteroatoms. The number of Topliss-reactive ketones (excluding diaryl/α,β-unsaturated/α-hetero) is 1. The lowest BCUT2D eigenvalue weighted by Gasteiger charge is -2.36. The molecule has 2 aromatic rings. The molecular weight excluding hydrogens is 388 g/mol. The zero-order chi connectivity index (χ0) is 20.4. The number of benzene rings is 1. The molecule has 0 aliphatic heterocycles. The molecule has 0 unspecified atom stereocenters. The summed E-state index contributed by atoms with van der Waals surface area (Å²) in [6.07, 6.45) is 4.10. The van der Waals surface area contributed by atoms with Crippen molar-refractivity contribution >= 4 is 39.8 Å². The first-order chi connectivity index (χ1) is 14.0. The Morgan fingerprint density at radius 2 is 1.86 bits per heavy atom. The van der Waals surface area contributed by atoms with Gasteiger partial charge in [0.2, 0.25) is 5.91 Å². The summed E-state index contributed by atoms with van der Waals surface area (Å²) >= 11 is 1.34. The van der Waals surface area contributed by atoms with E-state index >= 15 is 0 Å². The molecule has 2 aliphatic carbocycles. The molecule has 0 spiro atoms. The van der Waals surface area contributed by atoms with Crippen LogP contribution in [0, 0.1) is 17.8 Å². The highest BCUT2D eigenvalue weighted by Crippen LogP contribution is 2.40. The number of amides is 1. The van der Waals surface area contributed by atoms with Gasteiger partial charge in [-0.2, -0.15) is 0 Å². The highest BCUT2D eigenvalue weighted by atomic mass is 32.1. The van der Waals surface area contributed by atoms with Gasteiger partial charge < -0.3 is 4.74 Å². The Morgan fingerprint density at radius 3 is 2.52 bits per heavy atom. The van der Waals surface area contributed by atoms with Crippen molar-refractivity contribution in [2.24, 2.45) is 17.8 Å². The lowest BCUT2D eigenvalue weighted by molar-refractivity contribution is -0.154. The first kappa shape index (κ1) is 19.8. The molecule has 1 aromatic carbocycles. The molecule has 2 saturated carbocycles. The summed E-state index contributed by atoms with van der Waals surface area (Å²) in [7, 11) is 0. The summed E-state index contributed by atoms with van der Waals surface area (Å²) in [5.74, 6) is -0.168. The summed E-state index contributed by atoms with van der Waals surface area (Å²) in [6, 6.07) is 9.33. The number of nitrogens with zero attached hydrogens (tertiary/aromatic N) is 2. The van der Waals surface area contributed by atoms with Gasteiger partial charge in [-0.1, -0.05) is 24.6 Å². The second-order valence-corrected chi connectivity index (χ2v) is 8.65. The van der Waals surface area contributed by atoms with Crippen molar-refractivity contribution in [2.45, 2.75) is 45.6 Å². The van der Waals surface area contributed by atoms with Crippen LogP contribution in [0.25, 0.3) is 0 Å². The quantitative estimate of drug-likeness (QED) is 0.686. The van der Waals surface area contributed by atoms with Crippen molar-refractivity contribution in [3.05, 3.63) is 41.4 Å². The van der Waals surface area contributed by atoms with Gasteiger partial charge in [-0.3, -0.25) is 19.3 Å². The van der Waals surface area contributed by atoms with Crippen LogP contribution in [0.2, 0.25) is 0 Å². The molecular formula is C22H24N2O4S. The van der Waals surface area contributed by atoms with Crippen molar-refractivity contribution in [3.63, 3.8) is 0 Å². The summed E-state index contributed by atoms with van der Waals surface area (Å²) in [4.78, 5) is 42.9. The number of thiazole rings is 1. The zero-order valence-corrected chi connectivity index (χ0v) is 17.2. The van der Waals surface area contributed by atoms with Crippen LogP contribution in [-0.2, 0) is 25.7 Å². The number of ether oxygens (including phenoxy) is 1. The molecule has 0 radical (unpaired) electrons. The molecule has 2 bridgehead atoms. The number of ketones is 1. The predicted molar refractivity (Wildman–Crippen MR) is 110 cm³/mol. The van der Waals surface area contributed by atoms with Gasteiger partial charge in [-0.05, 0) is 37.8 Å². The van der Waals surface area contributed by atoms with E-state index in [9.17, 15) is 14.4 Å². The maximum Gasteiger partial charge on any atom is 0.309 e. The van der Waals surface area contributed by atoms with Crippen LogP contribution in [-0.4, -0.2) is 22.6 Å². The van der Waals surface area contributed by atoms with Gasteiger partial charge in [0.25, 0.3) is 0 Å². The molecule has 4 rings (SSSR count). The first-order valence-corrected chi connectivity index (χ1v) is 10.9. The summed E-state index contributed by atoms with van der Waals surface area (Å²) in [6.45, 7) is 1.57. The van der Waals surface area contributed by atoms with E-state index in [1.165, 1.54) is 18.3 Å². The number of carbonyl (C=O) groups is 3. The topological polar surface area (TPSA) is 76.6 Å². The SMILES string of the molecule is CC(=O)N(c1ccccc1)c1nc(COC(=O)C2C[C@@H]3CCC[C@@H](C2)C3=O)cs1. The number of hydrogen-bond acceptors (Lipinski definition) is 6. The first-order valence-electron chi connectivity index (χ1n) is 10.0. The van der Waals surface area contributed by atoms with Crippen LogP contribution in [0.15, 0.2) is 35.7 Å². The van der Waals surface area contributed by atoms with Crippen molar-refractivity contribution < 1.29 is 19.1 Å². The van der Waals surface area contributed by atoms with Crippen LogP contribution < -0.4 is 4.90 Å². The molecule has 2 atom stereocenters. The Balaban J connectivity index is 1.39. The number of rotatable bonds is 5. The lowest BCUT2D eigenvalue weighted by Crippen LogP contribution is -2.39. The number of aromatic nitrogens is 1. The number of anilines is 2. The zero-order valence-electron chi connectivity index (χ0n) is 16.4. The third-order valence-electron chi connectivity index (χ3n) is 5.80. The second kappa shape index (κ2) is 8.45. The van der Waals surface area contributed by atoms with Crippen molar-refractivity contribution in [1.29, 1.82) is 0 Å². The average Bonchev–Trinajstić information content (AvgIpc) is 3.15. The number of carbonyl (C=O) groups excluding carboxylic acids is 3. The second-order valence-electron chi connectivity index (χ2n) is 7.81. The number of esters is 1. The van der Waals surface area contributed by atoms with Gasteiger partial charge >= 0.3 is 5.97 Å². The molecule has 2 aliphatic rings. The van der Waals surface area contributed by atoms with Crippen LogP contribution in [0.5, 0.6) is 0 Å². The maximum atomic E-state index is 12.6. The molecule has 6 nitrogen and oxygen atoms in total. The Kier molecular flexibility index (Phi) is 5.76. The van der Waals surface area contributed by atoms with Gasteiger partial charge in [0.05, 0.1) is 17.3 Å². The molecule has 1 aromatic heterocycles. The van der Waals surface area contributed by atoms with Gasteiger partial charge in [-0.15, -0.1) is 11.3 Å². The van der Waals surface area contributed by atoms with E-state index in [0.717, 1.165) is 24.9 Å². The van der Waals surface area contributed by atoms with Gasteiger partial charge in [0, 0.05) is 24.1 Å². The summed E-state index contributed by atoms with van der Waals surface area (Å²) in [5.41, 5.74) is 1.36. The number of hydrogen-bond donors (Lipinski definition) is 0. The predicted octanol–water partition coefficient (Wildman–Crippen LogP) is 4.27. The normalized spacial score (nSPS) is 23.5. The minimum absolute atomic E-state index is 0.0286. The summed E-state index contributed by atoms with van der Waals surface area (Å²) < 4.78 is 5.52. The Bertz CT molecular complexity index is 895. The van der Waals surface area contributed by atoms with E-state index in [-0.39, 0.29) is 36.2 Å². The molecule has 1 heterocycles. The van der Waals surface area contributed by atoms with E-state index < -0.39 is 0 Å². The molecule has 1 amide bonds. The molecule has 0 saturated heterocycles. The maximum absolute atomic E-state index is 12.6. The van der Waals surface area contributed by atoms with Crippen LogP contribution >= 0.6 is 11.3 Å². The van der Waals surface area contributed by atoms with E-state index in [4.69, 9.17) is 4.74 Å². The fraction of sp³-hybridized carbons (Fsp3) is 0.455. The Hall–Kier alpha value is -2.54. The van der Waals surface area contributed by atoms with E-state index in [1.807, 2.05) is 30.3 Å². The monoisotopic (exact) mass is 412 g/mol. The van der Waals surface area contributed by atoms with Crippen molar-refractivity contribution in [3.8, 4) is 0 Å². The van der Waals surface area contributed by atoms with Crippen molar-refractivity contribution in [1.82, 2.24) is 4.98 Å². The van der Waals surface area contributed by atoms with E-state index in [0.29, 0.717) is 29.5 Å². The minimum atomic E-state index is -0.240. The molecule has 29 heavy (non-hydrogen) atoms. The minimum Gasteiger partial charge on any atom is -0.459 e. The molecule has 0 N–H and O–H groups in total. The van der Waals surface area contributed by atoms with Gasteiger partial charge in [0.1, 0.15) is 12.4 Å². The third kappa shape index (κ3) is 4.24. The summed E-state index contributed by atoms with van der Waals surface area (Å²) in [5, 5.41) is 2.35. The smallest absolute Gasteiger partial charge is 0.309 e. The number of fused-ring (bicyclic) bond motifs is 2. The van der Waals surface area contributed by atoms with Crippen LogP contribution in [0.1, 0.15) is 44.7 Å². The third-order valence-corrected chi connectivity index (χ3v) is 6.68. The van der Waals surface area contributed by atoms with Crippen LogP contribution in [0.4, 0.5) is 10.8 Å². The molecule has 2 fully saturated rings. The highest BCUT2D eigenvalue weighted by molar-refractivity contribution is 7.14. The molecule has 152 valence electrons. The van der Waals surface area contributed by atoms with E-state index in [1.54, 1.807) is 10.3 Å². The fourth-order valence-electron chi connectivity index (χ4n) is 4.40. The van der Waals surface area contributed by atoms with Crippen LogP contribution in [0.3, 0.4) is 0 Å². The Labute approximate surface area is 173 Å². The average molecular weight is 413 g/mol. The standard InChI is InChI=1S/C22H24N2O4S/c1-14(25)24(19-8-3-2-4-9-19)22-23-18(13-29-22)12-28-21(27)17-10-15-6-5-7-16(11-17)20(15)26/h2-4,8-9,13,15-17H,5-7,10-12H2,1H3/t15-,16-/m0/s1. The lowest BCUT2D eigenvalue weighted by atomic mass is 9.67. The van der Waals surface area contributed by atoms with E-state index in [2.05, 4.69) is 4.98 Å². The van der Waals surface area contributed by atoms with Crippen molar-refractivity contribution in [2.75, 3.05) is 4.90 Å². The largest absolute Gasteiger partial charge is 0.459 e. The highest BCUT2D eigenvalue weighted by Gasteiger charge is 2.41. The van der Waals surface area contributed by atoms with Gasteiger partial charge in [0.15, 0.2) is 5.13 Å². The fourth-order valence-corrected chi connectivity index (χ4v) is 5.28. The number of para-hydroxylation sites is 1. The van der Waals surface area contributed by atoms with Gasteiger partial charge in [-0.25, -0.2) is 4.98 Å². The Morgan fingerprint density at radius 1 is 1.17 bits per heavy atom.